The van der Waals surface area contributed by atoms with Crippen LogP contribution in [0.1, 0.15) is 24.6 Å². The van der Waals surface area contributed by atoms with Crippen LogP contribution in [0.15, 0.2) is 33.8 Å². The van der Waals surface area contributed by atoms with Crippen molar-refractivity contribution in [1.29, 1.82) is 0 Å². The molecule has 2 rings (SSSR count). The Hall–Kier alpha value is -1.93. The van der Waals surface area contributed by atoms with Gasteiger partial charge in [-0.2, -0.15) is 4.72 Å². The van der Waals surface area contributed by atoms with Gasteiger partial charge in [0.1, 0.15) is 11.6 Å². The Morgan fingerprint density at radius 1 is 1.42 bits per heavy atom. The largest absolute Gasteiger partial charge is 0.444 e. The predicted octanol–water partition coefficient (Wildman–Crippen LogP) is 1.000. The normalized spacial score (nSPS) is 13.4. The van der Waals surface area contributed by atoms with E-state index in [4.69, 9.17) is 10.2 Å². The molecule has 0 aliphatic rings. The van der Waals surface area contributed by atoms with Crippen molar-refractivity contribution in [3.63, 3.8) is 0 Å². The van der Waals surface area contributed by atoms with Gasteiger partial charge in [0.05, 0.1) is 17.1 Å². The molecule has 7 nitrogen and oxygen atoms in total. The Labute approximate surface area is 110 Å². The van der Waals surface area contributed by atoms with E-state index in [1.165, 1.54) is 24.5 Å². The van der Waals surface area contributed by atoms with E-state index in [-0.39, 0.29) is 10.7 Å². The van der Waals surface area contributed by atoms with Crippen LogP contribution in [-0.4, -0.2) is 18.4 Å². The minimum absolute atomic E-state index is 0.0510. The van der Waals surface area contributed by atoms with Crippen molar-refractivity contribution < 1.29 is 12.8 Å². The van der Waals surface area contributed by atoms with Gasteiger partial charge in [0, 0.05) is 12.3 Å². The van der Waals surface area contributed by atoms with Gasteiger partial charge in [-0.25, -0.2) is 18.4 Å². The van der Waals surface area contributed by atoms with Crippen molar-refractivity contribution in [2.45, 2.75) is 24.8 Å². The number of sulfonamides is 1. The first-order valence-corrected chi connectivity index (χ1v) is 7.03. The Morgan fingerprint density at radius 2 is 2.16 bits per heavy atom. The summed E-state index contributed by atoms with van der Waals surface area (Å²) >= 11 is 0. The minimum Gasteiger partial charge on any atom is -0.444 e. The molecule has 2 heterocycles. The summed E-state index contributed by atoms with van der Waals surface area (Å²) < 4.78 is 32.0. The van der Waals surface area contributed by atoms with E-state index < -0.39 is 16.1 Å². The fourth-order valence-corrected chi connectivity index (χ4v) is 2.74. The summed E-state index contributed by atoms with van der Waals surface area (Å²) in [5.74, 6) is 1.07. The highest BCUT2D eigenvalue weighted by Crippen LogP contribution is 2.17. The number of oxazole rings is 1. The number of anilines is 1. The topological polar surface area (TPSA) is 111 Å². The maximum Gasteiger partial charge on any atom is 0.241 e. The number of nitrogen functional groups attached to an aromatic ring is 1. The fraction of sp³-hybridized carbons (Fsp3) is 0.273. The number of hydrogen-bond acceptors (Lipinski definition) is 6. The molecule has 1 unspecified atom stereocenters. The molecule has 0 fully saturated rings. The zero-order valence-electron chi connectivity index (χ0n) is 10.5. The molecule has 19 heavy (non-hydrogen) atoms. The van der Waals surface area contributed by atoms with E-state index in [1.807, 2.05) is 0 Å². The summed E-state index contributed by atoms with van der Waals surface area (Å²) in [4.78, 5) is 7.78. The Balaban J connectivity index is 2.22. The zero-order chi connectivity index (χ0) is 14.0. The third-order valence-electron chi connectivity index (χ3n) is 2.40. The molecule has 0 spiro atoms. The van der Waals surface area contributed by atoms with Crippen LogP contribution in [-0.2, 0) is 10.0 Å². The van der Waals surface area contributed by atoms with Crippen LogP contribution in [0.3, 0.4) is 0 Å². The van der Waals surface area contributed by atoms with Gasteiger partial charge in [-0.15, -0.1) is 0 Å². The molecule has 0 saturated carbocycles. The lowest BCUT2D eigenvalue weighted by Crippen LogP contribution is -2.27. The van der Waals surface area contributed by atoms with Crippen molar-refractivity contribution in [2.75, 3.05) is 5.73 Å². The molecule has 0 radical (unpaired) electrons. The zero-order valence-corrected chi connectivity index (χ0v) is 11.3. The quantitative estimate of drug-likeness (QED) is 0.865. The Morgan fingerprint density at radius 3 is 2.74 bits per heavy atom. The molecular formula is C11H14N4O3S. The molecule has 0 aromatic carbocycles. The number of aryl methyl sites for hydroxylation is 1. The van der Waals surface area contributed by atoms with Gasteiger partial charge in [0.15, 0.2) is 0 Å². The van der Waals surface area contributed by atoms with Gasteiger partial charge >= 0.3 is 0 Å². The second-order valence-electron chi connectivity index (χ2n) is 4.07. The summed E-state index contributed by atoms with van der Waals surface area (Å²) in [5, 5.41) is 0. The molecule has 0 aliphatic carbocycles. The second kappa shape index (κ2) is 4.98. The molecule has 1 atom stereocenters. The first kappa shape index (κ1) is 13.5. The van der Waals surface area contributed by atoms with Gasteiger partial charge in [0.25, 0.3) is 0 Å². The van der Waals surface area contributed by atoms with Gasteiger partial charge < -0.3 is 10.2 Å². The van der Waals surface area contributed by atoms with Crippen LogP contribution in [0.2, 0.25) is 0 Å². The monoisotopic (exact) mass is 282 g/mol. The maximum absolute atomic E-state index is 12.1. The summed E-state index contributed by atoms with van der Waals surface area (Å²) in [5.41, 5.74) is 5.47. The lowest BCUT2D eigenvalue weighted by atomic mass is 10.4. The van der Waals surface area contributed by atoms with Gasteiger partial charge in [0.2, 0.25) is 15.9 Å². The van der Waals surface area contributed by atoms with Crippen molar-refractivity contribution in [3.8, 4) is 0 Å². The number of aromatic nitrogens is 2. The summed E-state index contributed by atoms with van der Waals surface area (Å²) in [6.45, 7) is 3.38. The Kier molecular flexibility index (Phi) is 3.54. The summed E-state index contributed by atoms with van der Waals surface area (Å²) in [6, 6.07) is 2.08. The summed E-state index contributed by atoms with van der Waals surface area (Å²) in [7, 11) is -3.69. The Bertz CT molecular complexity index is 681. The molecule has 8 heteroatoms. The van der Waals surface area contributed by atoms with E-state index in [2.05, 4.69) is 14.7 Å². The van der Waals surface area contributed by atoms with Gasteiger partial charge in [-0.1, -0.05) is 0 Å². The third kappa shape index (κ3) is 3.09. The molecule has 2 aromatic heterocycles. The first-order valence-electron chi connectivity index (χ1n) is 5.54. The average molecular weight is 282 g/mol. The van der Waals surface area contributed by atoms with E-state index in [1.54, 1.807) is 13.8 Å². The van der Waals surface area contributed by atoms with E-state index >= 15 is 0 Å². The molecule has 0 bridgehead atoms. The SMILES string of the molecule is Cc1cnc(C(C)NS(=O)(=O)c2ccnc(N)c2)o1. The lowest BCUT2D eigenvalue weighted by Gasteiger charge is -2.11. The summed E-state index contributed by atoms with van der Waals surface area (Å²) in [6.07, 6.45) is 2.87. The first-order chi connectivity index (χ1) is 8.88. The number of nitrogens with two attached hydrogens (primary N) is 1. The second-order valence-corrected chi connectivity index (χ2v) is 5.78. The smallest absolute Gasteiger partial charge is 0.241 e. The lowest BCUT2D eigenvalue weighted by molar-refractivity contribution is 0.428. The average Bonchev–Trinajstić information content (AvgIpc) is 2.75. The van der Waals surface area contributed by atoms with Crippen molar-refractivity contribution in [3.05, 3.63) is 36.2 Å². The standard InChI is InChI=1S/C11H14N4O3S/c1-7-6-14-11(18-7)8(2)15-19(16,17)9-3-4-13-10(12)5-9/h3-6,8,15H,1-2H3,(H2,12,13). The number of pyridine rings is 1. The molecule has 2 aromatic rings. The molecule has 0 saturated heterocycles. The number of hydrogen-bond donors (Lipinski definition) is 2. The molecule has 3 N–H and O–H groups in total. The molecule has 102 valence electrons. The number of nitrogens with zero attached hydrogens (tertiary/aromatic N) is 2. The van der Waals surface area contributed by atoms with Crippen molar-refractivity contribution >= 4 is 15.8 Å². The number of nitrogens with one attached hydrogen (secondary N) is 1. The highest BCUT2D eigenvalue weighted by molar-refractivity contribution is 7.89. The number of rotatable bonds is 4. The molecule has 0 amide bonds. The van der Waals surface area contributed by atoms with E-state index in [0.717, 1.165) is 0 Å². The molecule has 0 aliphatic heterocycles. The van der Waals surface area contributed by atoms with Crippen LogP contribution < -0.4 is 10.5 Å². The third-order valence-corrected chi connectivity index (χ3v) is 3.94. The van der Waals surface area contributed by atoms with Crippen LogP contribution in [0.25, 0.3) is 0 Å². The minimum atomic E-state index is -3.69. The highest BCUT2D eigenvalue weighted by atomic mass is 32.2. The van der Waals surface area contributed by atoms with Crippen LogP contribution in [0.5, 0.6) is 0 Å². The van der Waals surface area contributed by atoms with Crippen LogP contribution in [0, 0.1) is 6.92 Å². The van der Waals surface area contributed by atoms with Crippen LogP contribution >= 0.6 is 0 Å². The van der Waals surface area contributed by atoms with Gasteiger partial charge in [-0.05, 0) is 19.9 Å². The van der Waals surface area contributed by atoms with E-state index in [0.29, 0.717) is 11.7 Å². The molecular weight excluding hydrogens is 268 g/mol. The van der Waals surface area contributed by atoms with Crippen molar-refractivity contribution in [2.24, 2.45) is 0 Å². The van der Waals surface area contributed by atoms with Crippen molar-refractivity contribution in [1.82, 2.24) is 14.7 Å². The van der Waals surface area contributed by atoms with Gasteiger partial charge in [-0.3, -0.25) is 0 Å². The highest BCUT2D eigenvalue weighted by Gasteiger charge is 2.21. The van der Waals surface area contributed by atoms with Crippen LogP contribution in [0.4, 0.5) is 5.82 Å². The maximum atomic E-state index is 12.1. The predicted molar refractivity (Wildman–Crippen MR) is 68.6 cm³/mol. The van der Waals surface area contributed by atoms with E-state index in [9.17, 15) is 8.42 Å². The fourth-order valence-electron chi connectivity index (χ4n) is 1.52.